The number of nitro groups is 1. The fourth-order valence-corrected chi connectivity index (χ4v) is 1.96. The molecule has 0 amide bonds. The molecule has 0 saturated carbocycles. The SMILES string of the molecule is Cc1ccc(C(C#N)C(=O)c2ccc([N+](=O)[O-])cc2)cc1. The van der Waals surface area contributed by atoms with E-state index in [1.54, 1.807) is 12.1 Å². The molecule has 0 aromatic heterocycles. The summed E-state index contributed by atoms with van der Waals surface area (Å²) in [6, 6.07) is 14.4. The van der Waals surface area contributed by atoms with Crippen LogP contribution in [-0.2, 0) is 0 Å². The number of nitrogens with zero attached hydrogens (tertiary/aromatic N) is 2. The Labute approximate surface area is 121 Å². The molecule has 0 spiro atoms. The zero-order valence-corrected chi connectivity index (χ0v) is 11.3. The lowest BCUT2D eigenvalue weighted by Gasteiger charge is -2.09. The molecule has 0 heterocycles. The van der Waals surface area contributed by atoms with Gasteiger partial charge in [-0.3, -0.25) is 14.9 Å². The fraction of sp³-hybridized carbons (Fsp3) is 0.125. The molecule has 0 saturated heterocycles. The predicted molar refractivity (Wildman–Crippen MR) is 77.0 cm³/mol. The minimum Gasteiger partial charge on any atom is -0.292 e. The molecule has 5 heteroatoms. The van der Waals surface area contributed by atoms with Crippen LogP contribution in [0.4, 0.5) is 5.69 Å². The summed E-state index contributed by atoms with van der Waals surface area (Å²) >= 11 is 0. The molecule has 1 unspecified atom stereocenters. The van der Waals surface area contributed by atoms with Gasteiger partial charge in [0.25, 0.3) is 5.69 Å². The molecule has 0 aliphatic carbocycles. The number of nitro benzene ring substituents is 1. The minimum absolute atomic E-state index is 0.0876. The number of hydrogen-bond acceptors (Lipinski definition) is 4. The van der Waals surface area contributed by atoms with E-state index in [-0.39, 0.29) is 17.0 Å². The zero-order valence-electron chi connectivity index (χ0n) is 11.3. The first-order valence-electron chi connectivity index (χ1n) is 6.28. The van der Waals surface area contributed by atoms with Gasteiger partial charge in [-0.2, -0.15) is 5.26 Å². The molecule has 0 radical (unpaired) electrons. The molecule has 1 atom stereocenters. The van der Waals surface area contributed by atoms with Crippen molar-refractivity contribution >= 4 is 11.5 Å². The second kappa shape index (κ2) is 5.97. The van der Waals surface area contributed by atoms with Gasteiger partial charge in [0.2, 0.25) is 0 Å². The lowest BCUT2D eigenvalue weighted by molar-refractivity contribution is -0.384. The molecule has 0 aliphatic rings. The Bertz CT molecular complexity index is 713. The maximum atomic E-state index is 12.4. The largest absolute Gasteiger partial charge is 0.292 e. The van der Waals surface area contributed by atoms with Crippen molar-refractivity contribution in [1.29, 1.82) is 5.26 Å². The summed E-state index contributed by atoms with van der Waals surface area (Å²) in [7, 11) is 0. The highest BCUT2D eigenvalue weighted by Crippen LogP contribution is 2.22. The van der Waals surface area contributed by atoms with Crippen molar-refractivity contribution in [2.75, 3.05) is 0 Å². The molecule has 2 aromatic rings. The molecule has 21 heavy (non-hydrogen) atoms. The van der Waals surface area contributed by atoms with E-state index in [1.807, 2.05) is 25.1 Å². The third-order valence-corrected chi connectivity index (χ3v) is 3.16. The Morgan fingerprint density at radius 1 is 1.14 bits per heavy atom. The van der Waals surface area contributed by atoms with Crippen LogP contribution >= 0.6 is 0 Å². The molecule has 0 aliphatic heterocycles. The number of ketones is 1. The van der Waals surface area contributed by atoms with Gasteiger partial charge in [-0.15, -0.1) is 0 Å². The number of aryl methyl sites for hydroxylation is 1. The fourth-order valence-electron chi connectivity index (χ4n) is 1.96. The molecule has 2 aromatic carbocycles. The number of Topliss-reactive ketones (excluding diaryl/α,β-unsaturated/α-hetero) is 1. The van der Waals surface area contributed by atoms with Crippen LogP contribution in [0, 0.1) is 28.4 Å². The number of nitriles is 1. The van der Waals surface area contributed by atoms with Crippen LogP contribution in [0.15, 0.2) is 48.5 Å². The van der Waals surface area contributed by atoms with E-state index in [1.165, 1.54) is 24.3 Å². The van der Waals surface area contributed by atoms with Gasteiger partial charge in [0, 0.05) is 17.7 Å². The van der Waals surface area contributed by atoms with Gasteiger partial charge in [0.15, 0.2) is 5.78 Å². The summed E-state index contributed by atoms with van der Waals surface area (Å²) in [6.07, 6.45) is 0. The monoisotopic (exact) mass is 280 g/mol. The van der Waals surface area contributed by atoms with Gasteiger partial charge in [0.05, 0.1) is 11.0 Å². The molecule has 104 valence electrons. The van der Waals surface area contributed by atoms with Crippen molar-refractivity contribution < 1.29 is 9.72 Å². The summed E-state index contributed by atoms with van der Waals surface area (Å²) in [5.41, 5.74) is 1.85. The molecule has 5 nitrogen and oxygen atoms in total. The number of non-ortho nitro benzene ring substituents is 1. The number of carbonyl (C=O) groups excluding carboxylic acids is 1. The molecular weight excluding hydrogens is 268 g/mol. The van der Waals surface area contributed by atoms with Crippen molar-refractivity contribution in [2.45, 2.75) is 12.8 Å². The first-order valence-corrected chi connectivity index (χ1v) is 6.28. The third kappa shape index (κ3) is 3.12. The van der Waals surface area contributed by atoms with E-state index in [4.69, 9.17) is 0 Å². The van der Waals surface area contributed by atoms with E-state index in [0.29, 0.717) is 5.56 Å². The van der Waals surface area contributed by atoms with Crippen LogP contribution in [0.3, 0.4) is 0 Å². The van der Waals surface area contributed by atoms with E-state index in [0.717, 1.165) is 5.56 Å². The van der Waals surface area contributed by atoms with Gasteiger partial charge >= 0.3 is 0 Å². The van der Waals surface area contributed by atoms with E-state index >= 15 is 0 Å². The summed E-state index contributed by atoms with van der Waals surface area (Å²) in [5.74, 6) is -1.27. The Hall–Kier alpha value is -3.00. The van der Waals surface area contributed by atoms with Crippen LogP contribution in [0.2, 0.25) is 0 Å². The highest BCUT2D eigenvalue weighted by Gasteiger charge is 2.22. The normalized spacial score (nSPS) is 11.4. The van der Waals surface area contributed by atoms with Crippen molar-refractivity contribution in [1.82, 2.24) is 0 Å². The first kappa shape index (κ1) is 14.4. The number of hydrogen-bond donors (Lipinski definition) is 0. The van der Waals surface area contributed by atoms with Crippen LogP contribution in [0.25, 0.3) is 0 Å². The maximum Gasteiger partial charge on any atom is 0.269 e. The second-order valence-corrected chi connectivity index (χ2v) is 4.64. The van der Waals surface area contributed by atoms with Gasteiger partial charge in [-0.05, 0) is 24.6 Å². The standard InChI is InChI=1S/C16H12N2O3/c1-11-2-4-12(5-3-11)15(10-17)16(19)13-6-8-14(9-7-13)18(20)21/h2-9,15H,1H3. The molecular formula is C16H12N2O3. The smallest absolute Gasteiger partial charge is 0.269 e. The topological polar surface area (TPSA) is 84.0 Å². The van der Waals surface area contributed by atoms with Gasteiger partial charge in [-0.25, -0.2) is 0 Å². The van der Waals surface area contributed by atoms with Crippen molar-refractivity contribution in [3.05, 3.63) is 75.3 Å². The quantitative estimate of drug-likeness (QED) is 0.488. The third-order valence-electron chi connectivity index (χ3n) is 3.16. The van der Waals surface area contributed by atoms with Crippen LogP contribution in [0.5, 0.6) is 0 Å². The summed E-state index contributed by atoms with van der Waals surface area (Å²) in [5, 5.41) is 19.8. The second-order valence-electron chi connectivity index (χ2n) is 4.64. The summed E-state index contributed by atoms with van der Waals surface area (Å²) in [6.45, 7) is 1.92. The molecule has 2 rings (SSSR count). The molecule has 0 N–H and O–H groups in total. The zero-order chi connectivity index (χ0) is 15.4. The summed E-state index contributed by atoms with van der Waals surface area (Å²) < 4.78 is 0. The average molecular weight is 280 g/mol. The van der Waals surface area contributed by atoms with E-state index < -0.39 is 10.8 Å². The number of benzene rings is 2. The summed E-state index contributed by atoms with van der Waals surface area (Å²) in [4.78, 5) is 22.4. The Kier molecular flexibility index (Phi) is 4.10. The highest BCUT2D eigenvalue weighted by molar-refractivity contribution is 6.02. The van der Waals surface area contributed by atoms with E-state index in [9.17, 15) is 20.2 Å². The Morgan fingerprint density at radius 3 is 2.19 bits per heavy atom. The van der Waals surface area contributed by atoms with Crippen LogP contribution in [-0.4, -0.2) is 10.7 Å². The van der Waals surface area contributed by atoms with Crippen molar-refractivity contribution in [3.63, 3.8) is 0 Å². The first-order chi connectivity index (χ1) is 10.0. The van der Waals surface area contributed by atoms with Crippen molar-refractivity contribution in [3.8, 4) is 6.07 Å². The minimum atomic E-state index is -0.910. The van der Waals surface area contributed by atoms with Crippen LogP contribution in [0.1, 0.15) is 27.4 Å². The number of rotatable bonds is 4. The number of carbonyl (C=O) groups is 1. The average Bonchev–Trinajstić information content (AvgIpc) is 2.50. The Balaban J connectivity index is 2.30. The van der Waals surface area contributed by atoms with Gasteiger partial charge in [0.1, 0.15) is 5.92 Å². The maximum absolute atomic E-state index is 12.4. The Morgan fingerprint density at radius 2 is 1.71 bits per heavy atom. The predicted octanol–water partition coefficient (Wildman–Crippen LogP) is 3.39. The molecule has 0 bridgehead atoms. The van der Waals surface area contributed by atoms with Gasteiger partial charge < -0.3 is 0 Å². The van der Waals surface area contributed by atoms with Crippen molar-refractivity contribution in [2.24, 2.45) is 0 Å². The lowest BCUT2D eigenvalue weighted by Crippen LogP contribution is -2.11. The van der Waals surface area contributed by atoms with Gasteiger partial charge in [-0.1, -0.05) is 29.8 Å². The van der Waals surface area contributed by atoms with E-state index in [2.05, 4.69) is 0 Å². The molecule has 0 fully saturated rings. The van der Waals surface area contributed by atoms with Crippen LogP contribution < -0.4 is 0 Å². The highest BCUT2D eigenvalue weighted by atomic mass is 16.6. The lowest BCUT2D eigenvalue weighted by atomic mass is 9.91.